The predicted molar refractivity (Wildman–Crippen MR) is 61.5 cm³/mol. The summed E-state index contributed by atoms with van der Waals surface area (Å²) in [5.41, 5.74) is 5.40. The second kappa shape index (κ2) is 5.80. The Kier molecular flexibility index (Phi) is 4.65. The highest BCUT2D eigenvalue weighted by Crippen LogP contribution is 2.12. The smallest absolute Gasteiger partial charge is 0.233 e. The first kappa shape index (κ1) is 11.2. The van der Waals surface area contributed by atoms with E-state index in [9.17, 15) is 0 Å². The van der Waals surface area contributed by atoms with Crippen molar-refractivity contribution in [3.63, 3.8) is 0 Å². The van der Waals surface area contributed by atoms with Gasteiger partial charge in [0.2, 0.25) is 11.1 Å². The summed E-state index contributed by atoms with van der Waals surface area (Å²) in [6, 6.07) is 0. The maximum atomic E-state index is 5.40. The van der Waals surface area contributed by atoms with Crippen molar-refractivity contribution in [2.45, 2.75) is 33.1 Å². The first-order valence-corrected chi connectivity index (χ1v) is 5.79. The van der Waals surface area contributed by atoms with Gasteiger partial charge in [0.15, 0.2) is 0 Å². The molecule has 0 bridgehead atoms. The zero-order valence-electron chi connectivity index (χ0n) is 8.79. The molecule has 1 rings (SSSR count). The van der Waals surface area contributed by atoms with Crippen molar-refractivity contribution < 1.29 is 0 Å². The molecule has 1 heterocycles. The Bertz CT molecular complexity index is 259. The molecule has 0 spiro atoms. The van der Waals surface area contributed by atoms with Crippen LogP contribution in [0.25, 0.3) is 0 Å². The number of unbranched alkanes of at least 4 members (excludes halogenated alkanes) is 1. The molecule has 0 unspecified atom stereocenters. The van der Waals surface area contributed by atoms with Gasteiger partial charge in [-0.15, -0.1) is 0 Å². The van der Waals surface area contributed by atoms with Crippen molar-refractivity contribution >= 4 is 22.6 Å². The van der Waals surface area contributed by atoms with Gasteiger partial charge in [-0.1, -0.05) is 26.7 Å². The van der Waals surface area contributed by atoms with E-state index < -0.39 is 0 Å². The zero-order valence-corrected chi connectivity index (χ0v) is 9.60. The average molecular weight is 214 g/mol. The molecule has 0 saturated heterocycles. The van der Waals surface area contributed by atoms with E-state index in [2.05, 4.69) is 28.5 Å². The largest absolute Gasteiger partial charge is 0.367 e. The van der Waals surface area contributed by atoms with E-state index in [-0.39, 0.29) is 0 Å². The summed E-state index contributed by atoms with van der Waals surface area (Å²) in [5.74, 6) is 1.16. The van der Waals surface area contributed by atoms with E-state index in [1.54, 1.807) is 0 Å². The van der Waals surface area contributed by atoms with Crippen LogP contribution < -0.4 is 11.1 Å². The number of anilines is 2. The molecule has 1 aromatic heterocycles. The van der Waals surface area contributed by atoms with E-state index in [4.69, 9.17) is 5.73 Å². The van der Waals surface area contributed by atoms with Crippen LogP contribution in [0.15, 0.2) is 0 Å². The molecule has 0 atom stereocenters. The van der Waals surface area contributed by atoms with Crippen molar-refractivity contribution in [1.29, 1.82) is 0 Å². The Morgan fingerprint density at radius 1 is 1.43 bits per heavy atom. The summed E-state index contributed by atoms with van der Waals surface area (Å²) in [7, 11) is 0. The minimum Gasteiger partial charge on any atom is -0.367 e. The van der Waals surface area contributed by atoms with Crippen LogP contribution in [0.1, 0.15) is 33.1 Å². The molecule has 14 heavy (non-hydrogen) atoms. The number of nitrogens with two attached hydrogens (primary N) is 1. The molecule has 4 nitrogen and oxygen atoms in total. The Hall–Kier alpha value is -0.840. The van der Waals surface area contributed by atoms with Gasteiger partial charge in [0.05, 0.1) is 0 Å². The lowest BCUT2D eigenvalue weighted by Gasteiger charge is -2.04. The SMILES string of the molecule is CC(C)CCCCNc1nc(N)ns1. The van der Waals surface area contributed by atoms with E-state index in [1.807, 2.05) is 0 Å². The van der Waals surface area contributed by atoms with Crippen LogP contribution in [-0.4, -0.2) is 15.9 Å². The molecule has 0 aliphatic heterocycles. The van der Waals surface area contributed by atoms with Crippen LogP contribution in [-0.2, 0) is 0 Å². The fourth-order valence-electron chi connectivity index (χ4n) is 1.18. The van der Waals surface area contributed by atoms with Crippen LogP contribution >= 0.6 is 11.5 Å². The molecule has 0 saturated carbocycles. The topological polar surface area (TPSA) is 63.8 Å². The predicted octanol–water partition coefficient (Wildman–Crippen LogP) is 2.36. The van der Waals surface area contributed by atoms with Crippen molar-refractivity contribution in [2.75, 3.05) is 17.6 Å². The van der Waals surface area contributed by atoms with Gasteiger partial charge in [0.25, 0.3) is 0 Å². The third kappa shape index (κ3) is 4.41. The van der Waals surface area contributed by atoms with Gasteiger partial charge in [-0.2, -0.15) is 9.36 Å². The first-order valence-electron chi connectivity index (χ1n) is 5.01. The molecule has 0 fully saturated rings. The molecular formula is C9H18N4S. The standard InChI is InChI=1S/C9H18N4S/c1-7(2)5-3-4-6-11-9-12-8(10)13-14-9/h7H,3-6H2,1-2H3,(H3,10,11,12,13). The minimum absolute atomic E-state index is 0.361. The third-order valence-corrected chi connectivity index (χ3v) is 2.61. The molecule has 3 N–H and O–H groups in total. The highest BCUT2D eigenvalue weighted by atomic mass is 32.1. The van der Waals surface area contributed by atoms with Crippen LogP contribution in [0.3, 0.4) is 0 Å². The van der Waals surface area contributed by atoms with Gasteiger partial charge in [0.1, 0.15) is 0 Å². The Labute approximate surface area is 89.1 Å². The Morgan fingerprint density at radius 3 is 2.79 bits per heavy atom. The van der Waals surface area contributed by atoms with E-state index in [0.29, 0.717) is 5.95 Å². The average Bonchev–Trinajstić information content (AvgIpc) is 2.50. The molecule has 1 aromatic rings. The van der Waals surface area contributed by atoms with Crippen LogP contribution in [0.4, 0.5) is 11.1 Å². The van der Waals surface area contributed by atoms with Crippen molar-refractivity contribution in [2.24, 2.45) is 5.92 Å². The second-order valence-corrected chi connectivity index (χ2v) is 4.53. The van der Waals surface area contributed by atoms with Gasteiger partial charge in [0, 0.05) is 18.1 Å². The summed E-state index contributed by atoms with van der Waals surface area (Å²) >= 11 is 1.32. The number of hydrogen-bond donors (Lipinski definition) is 2. The fraction of sp³-hybridized carbons (Fsp3) is 0.778. The van der Waals surface area contributed by atoms with E-state index >= 15 is 0 Å². The van der Waals surface area contributed by atoms with E-state index in [1.165, 1.54) is 30.8 Å². The monoisotopic (exact) mass is 214 g/mol. The number of nitrogen functional groups attached to an aromatic ring is 1. The van der Waals surface area contributed by atoms with Gasteiger partial charge >= 0.3 is 0 Å². The molecule has 80 valence electrons. The molecule has 0 aromatic carbocycles. The quantitative estimate of drug-likeness (QED) is 0.713. The molecule has 0 aliphatic carbocycles. The highest BCUT2D eigenvalue weighted by Gasteiger charge is 1.99. The Balaban J connectivity index is 2.04. The van der Waals surface area contributed by atoms with E-state index in [0.717, 1.165) is 17.6 Å². The maximum absolute atomic E-state index is 5.40. The molecule has 0 aliphatic rings. The summed E-state index contributed by atoms with van der Waals surface area (Å²) in [5, 5.41) is 4.03. The van der Waals surface area contributed by atoms with Crippen LogP contribution in [0.2, 0.25) is 0 Å². The fourth-order valence-corrected chi connectivity index (χ4v) is 1.70. The molecule has 5 heteroatoms. The number of hydrogen-bond acceptors (Lipinski definition) is 5. The van der Waals surface area contributed by atoms with Crippen molar-refractivity contribution in [3.8, 4) is 0 Å². The lowest BCUT2D eigenvalue weighted by Crippen LogP contribution is -2.01. The van der Waals surface area contributed by atoms with Gasteiger partial charge < -0.3 is 11.1 Å². The summed E-state index contributed by atoms with van der Waals surface area (Å²) in [6.07, 6.45) is 3.73. The van der Waals surface area contributed by atoms with Crippen LogP contribution in [0, 0.1) is 5.92 Å². The third-order valence-electron chi connectivity index (χ3n) is 1.93. The number of rotatable bonds is 6. The number of nitrogens with zero attached hydrogens (tertiary/aromatic N) is 2. The Morgan fingerprint density at radius 2 is 2.21 bits per heavy atom. The highest BCUT2D eigenvalue weighted by molar-refractivity contribution is 7.09. The summed E-state index contributed by atoms with van der Waals surface area (Å²) in [4.78, 5) is 4.02. The molecule has 0 amide bonds. The van der Waals surface area contributed by atoms with Gasteiger partial charge in [-0.25, -0.2) is 0 Å². The van der Waals surface area contributed by atoms with Crippen LogP contribution in [0.5, 0.6) is 0 Å². The van der Waals surface area contributed by atoms with Crippen molar-refractivity contribution in [3.05, 3.63) is 0 Å². The zero-order chi connectivity index (χ0) is 10.4. The molecule has 0 radical (unpaired) electrons. The summed E-state index contributed by atoms with van der Waals surface area (Å²) < 4.78 is 3.89. The normalized spacial score (nSPS) is 10.8. The number of nitrogens with one attached hydrogen (secondary N) is 1. The lowest BCUT2D eigenvalue weighted by atomic mass is 10.1. The van der Waals surface area contributed by atoms with Gasteiger partial charge in [-0.3, -0.25) is 0 Å². The van der Waals surface area contributed by atoms with Crippen molar-refractivity contribution in [1.82, 2.24) is 9.36 Å². The minimum atomic E-state index is 0.361. The lowest BCUT2D eigenvalue weighted by molar-refractivity contribution is 0.545. The maximum Gasteiger partial charge on any atom is 0.233 e. The number of aromatic nitrogens is 2. The molecular weight excluding hydrogens is 196 g/mol. The van der Waals surface area contributed by atoms with Gasteiger partial charge in [-0.05, 0) is 12.3 Å². The first-order chi connectivity index (χ1) is 6.68. The summed E-state index contributed by atoms with van der Waals surface area (Å²) in [6.45, 7) is 5.46. The second-order valence-electron chi connectivity index (χ2n) is 3.77.